The van der Waals surface area contributed by atoms with Gasteiger partial charge in [-0.25, -0.2) is 0 Å². The number of para-hydroxylation sites is 1. The maximum atomic E-state index is 12.5. The van der Waals surface area contributed by atoms with Crippen LogP contribution < -0.4 is 0 Å². The molecule has 1 N–H and O–H groups in total. The van der Waals surface area contributed by atoms with E-state index in [1.807, 2.05) is 48.5 Å². The van der Waals surface area contributed by atoms with Crippen molar-refractivity contribution in [3.05, 3.63) is 64.8 Å². The number of carbonyl (C=O) groups excluding carboxylic acids is 1. The highest BCUT2D eigenvalue weighted by Crippen LogP contribution is 2.29. The van der Waals surface area contributed by atoms with Gasteiger partial charge in [-0.15, -0.1) is 10.2 Å². The van der Waals surface area contributed by atoms with Crippen LogP contribution in [-0.2, 0) is 0 Å². The summed E-state index contributed by atoms with van der Waals surface area (Å²) in [5.74, 6) is 0.678. The molecular formula is C18H12BrN3O2S. The predicted molar refractivity (Wildman–Crippen MR) is 101 cm³/mol. The molecule has 0 unspecified atom stereocenters. The molecule has 2 aromatic heterocycles. The van der Waals surface area contributed by atoms with E-state index >= 15 is 0 Å². The molecule has 5 nitrogen and oxygen atoms in total. The number of fused-ring (bicyclic) bond motifs is 1. The van der Waals surface area contributed by atoms with Gasteiger partial charge in [-0.1, -0.05) is 42.1 Å². The highest BCUT2D eigenvalue weighted by molar-refractivity contribution is 9.10. The zero-order valence-electron chi connectivity index (χ0n) is 12.9. The number of Topliss-reactive ketones (excluding diaryl/α,β-unsaturated/α-hetero) is 1. The van der Waals surface area contributed by atoms with E-state index in [0.717, 1.165) is 20.9 Å². The molecule has 0 atom stereocenters. The number of H-pyrrole nitrogens is 1. The van der Waals surface area contributed by atoms with Crippen molar-refractivity contribution in [1.29, 1.82) is 0 Å². The summed E-state index contributed by atoms with van der Waals surface area (Å²) in [7, 11) is 0. The monoisotopic (exact) mass is 413 g/mol. The van der Waals surface area contributed by atoms with Gasteiger partial charge in [0.2, 0.25) is 5.89 Å². The van der Waals surface area contributed by atoms with E-state index in [1.54, 1.807) is 6.20 Å². The van der Waals surface area contributed by atoms with E-state index in [0.29, 0.717) is 16.7 Å². The van der Waals surface area contributed by atoms with Crippen molar-refractivity contribution >= 4 is 44.4 Å². The number of carbonyl (C=O) groups is 1. The Hall–Kier alpha value is -2.38. The highest BCUT2D eigenvalue weighted by Gasteiger charge is 2.16. The Morgan fingerprint density at radius 1 is 1.12 bits per heavy atom. The Labute approximate surface area is 156 Å². The average molecular weight is 414 g/mol. The van der Waals surface area contributed by atoms with Crippen LogP contribution in [-0.4, -0.2) is 26.7 Å². The summed E-state index contributed by atoms with van der Waals surface area (Å²) in [6.45, 7) is 0. The first-order valence-corrected chi connectivity index (χ1v) is 9.31. The van der Waals surface area contributed by atoms with Crippen LogP contribution in [0.5, 0.6) is 0 Å². The van der Waals surface area contributed by atoms with Gasteiger partial charge in [0.05, 0.1) is 11.3 Å². The Balaban J connectivity index is 1.49. The van der Waals surface area contributed by atoms with Gasteiger partial charge < -0.3 is 9.40 Å². The average Bonchev–Trinajstić information content (AvgIpc) is 3.27. The topological polar surface area (TPSA) is 71.8 Å². The summed E-state index contributed by atoms with van der Waals surface area (Å²) in [5, 5.41) is 9.37. The molecule has 4 rings (SSSR count). The molecule has 0 aliphatic rings. The van der Waals surface area contributed by atoms with Crippen LogP contribution in [0.15, 0.2) is 68.8 Å². The summed E-state index contributed by atoms with van der Waals surface area (Å²) in [6.07, 6.45) is 1.74. The summed E-state index contributed by atoms with van der Waals surface area (Å²) in [6, 6.07) is 15.3. The second kappa shape index (κ2) is 6.85. The SMILES string of the molecule is O=C(CSc1nnc(-c2ccccc2Br)o1)c1c[nH]c2ccccc12. The van der Waals surface area contributed by atoms with Crippen molar-refractivity contribution in [2.75, 3.05) is 5.75 Å². The number of rotatable bonds is 5. The Kier molecular flexibility index (Phi) is 4.42. The molecule has 4 aromatic rings. The molecule has 0 aliphatic heterocycles. The third kappa shape index (κ3) is 3.25. The van der Waals surface area contributed by atoms with Gasteiger partial charge in [0, 0.05) is 27.1 Å². The van der Waals surface area contributed by atoms with E-state index < -0.39 is 0 Å². The number of thioether (sulfide) groups is 1. The fourth-order valence-corrected chi connectivity index (χ4v) is 3.62. The fourth-order valence-electron chi connectivity index (χ4n) is 2.52. The maximum Gasteiger partial charge on any atom is 0.277 e. The number of hydrogen-bond acceptors (Lipinski definition) is 5. The molecule has 2 aromatic carbocycles. The first-order valence-electron chi connectivity index (χ1n) is 7.53. The van der Waals surface area contributed by atoms with E-state index in [4.69, 9.17) is 4.42 Å². The first kappa shape index (κ1) is 16.1. The number of aromatic amines is 1. The maximum absolute atomic E-state index is 12.5. The van der Waals surface area contributed by atoms with Crippen molar-refractivity contribution in [2.45, 2.75) is 5.22 Å². The van der Waals surface area contributed by atoms with Crippen molar-refractivity contribution in [2.24, 2.45) is 0 Å². The summed E-state index contributed by atoms with van der Waals surface area (Å²) < 4.78 is 6.54. The number of aromatic nitrogens is 3. The number of hydrogen-bond donors (Lipinski definition) is 1. The molecule has 7 heteroatoms. The van der Waals surface area contributed by atoms with Gasteiger partial charge in [0.15, 0.2) is 5.78 Å². The largest absolute Gasteiger partial charge is 0.411 e. The van der Waals surface area contributed by atoms with E-state index in [1.165, 1.54) is 11.8 Å². The van der Waals surface area contributed by atoms with Gasteiger partial charge >= 0.3 is 0 Å². The Bertz CT molecular complexity index is 1060. The van der Waals surface area contributed by atoms with Crippen LogP contribution in [0.3, 0.4) is 0 Å². The lowest BCUT2D eigenvalue weighted by atomic mass is 10.1. The third-order valence-corrected chi connectivity index (χ3v) is 5.24. The minimum atomic E-state index is 0.0168. The smallest absolute Gasteiger partial charge is 0.277 e. The van der Waals surface area contributed by atoms with E-state index in [-0.39, 0.29) is 11.5 Å². The minimum Gasteiger partial charge on any atom is -0.411 e. The number of benzene rings is 2. The van der Waals surface area contributed by atoms with Crippen molar-refractivity contribution in [3.63, 3.8) is 0 Å². The summed E-state index contributed by atoms with van der Waals surface area (Å²) in [5.41, 5.74) is 2.45. The van der Waals surface area contributed by atoms with Crippen LogP contribution in [0.4, 0.5) is 0 Å². The van der Waals surface area contributed by atoms with Crippen molar-refractivity contribution in [3.8, 4) is 11.5 Å². The van der Waals surface area contributed by atoms with E-state index in [2.05, 4.69) is 31.1 Å². The second-order valence-corrected chi connectivity index (χ2v) is 7.09. The number of halogens is 1. The molecule has 124 valence electrons. The van der Waals surface area contributed by atoms with Gasteiger partial charge in [-0.3, -0.25) is 4.79 Å². The van der Waals surface area contributed by atoms with Crippen LogP contribution in [0.2, 0.25) is 0 Å². The summed E-state index contributed by atoms with van der Waals surface area (Å²) >= 11 is 4.70. The van der Waals surface area contributed by atoms with Crippen molar-refractivity contribution in [1.82, 2.24) is 15.2 Å². The lowest BCUT2D eigenvalue weighted by molar-refractivity contribution is 0.102. The van der Waals surface area contributed by atoms with Crippen LogP contribution in [0.1, 0.15) is 10.4 Å². The predicted octanol–water partition coefficient (Wildman–Crippen LogP) is 4.96. The molecule has 25 heavy (non-hydrogen) atoms. The third-order valence-electron chi connectivity index (χ3n) is 3.73. The lowest BCUT2D eigenvalue weighted by Crippen LogP contribution is -2.01. The van der Waals surface area contributed by atoms with Gasteiger partial charge in [0.1, 0.15) is 0 Å². The molecule has 0 bridgehead atoms. The summed E-state index contributed by atoms with van der Waals surface area (Å²) in [4.78, 5) is 15.6. The Morgan fingerprint density at radius 2 is 1.92 bits per heavy atom. The van der Waals surface area contributed by atoms with E-state index in [9.17, 15) is 4.79 Å². The normalized spacial score (nSPS) is 11.1. The molecule has 0 saturated heterocycles. The van der Waals surface area contributed by atoms with Gasteiger partial charge in [-0.2, -0.15) is 0 Å². The van der Waals surface area contributed by atoms with Crippen LogP contribution in [0, 0.1) is 0 Å². The van der Waals surface area contributed by atoms with Crippen LogP contribution in [0.25, 0.3) is 22.4 Å². The molecule has 0 fully saturated rings. The minimum absolute atomic E-state index is 0.0168. The molecular weight excluding hydrogens is 402 g/mol. The molecule has 0 saturated carbocycles. The second-order valence-electron chi connectivity index (χ2n) is 5.31. The quantitative estimate of drug-likeness (QED) is 0.369. The zero-order chi connectivity index (χ0) is 17.2. The van der Waals surface area contributed by atoms with Gasteiger partial charge in [0.25, 0.3) is 5.22 Å². The Morgan fingerprint density at radius 3 is 2.80 bits per heavy atom. The van der Waals surface area contributed by atoms with Crippen molar-refractivity contribution < 1.29 is 9.21 Å². The van der Waals surface area contributed by atoms with Gasteiger partial charge in [-0.05, 0) is 34.1 Å². The molecule has 0 amide bonds. The van der Waals surface area contributed by atoms with Crippen LogP contribution >= 0.6 is 27.7 Å². The fraction of sp³-hybridized carbons (Fsp3) is 0.0556. The number of ketones is 1. The highest BCUT2D eigenvalue weighted by atomic mass is 79.9. The lowest BCUT2D eigenvalue weighted by Gasteiger charge is -1.98. The number of nitrogens with zero attached hydrogens (tertiary/aromatic N) is 2. The number of nitrogens with one attached hydrogen (secondary N) is 1. The molecule has 2 heterocycles. The molecule has 0 aliphatic carbocycles. The molecule has 0 radical (unpaired) electrons. The zero-order valence-corrected chi connectivity index (χ0v) is 15.3. The standard InChI is InChI=1S/C18H12BrN3O2S/c19-14-7-3-1-6-12(14)17-21-22-18(24-17)25-10-16(23)13-9-20-15-8-4-2-5-11(13)15/h1-9,20H,10H2. The first-order chi connectivity index (χ1) is 12.2. The molecule has 0 spiro atoms.